The Morgan fingerprint density at radius 2 is 1.95 bits per heavy atom. The Balaban J connectivity index is 2.05. The van der Waals surface area contributed by atoms with Crippen LogP contribution in [0.1, 0.15) is 6.92 Å². The molecule has 0 aromatic rings. The molecule has 0 unspecified atom stereocenters. The van der Waals surface area contributed by atoms with E-state index in [-0.39, 0.29) is 5.78 Å². The van der Waals surface area contributed by atoms with Gasteiger partial charge in [-0.2, -0.15) is 0 Å². The maximum atomic E-state index is 10.9. The van der Waals surface area contributed by atoms with Crippen molar-refractivity contribution < 1.29 is 23.7 Å². The Morgan fingerprint density at radius 3 is 2.47 bits per heavy atom. The number of ketones is 1. The summed E-state index contributed by atoms with van der Waals surface area (Å²) in [6.45, 7) is 1.44. The molecule has 8 heteroatoms. The molecule has 0 N–H and O–H groups in total. The molecule has 2 aliphatic heterocycles. The average Bonchev–Trinajstić information content (AvgIpc) is 2.81. The summed E-state index contributed by atoms with van der Waals surface area (Å²) >= 11 is 17.1. The highest BCUT2D eigenvalue weighted by Gasteiger charge is 2.56. The fraction of sp³-hybridized carbons (Fsp3) is 0.727. The van der Waals surface area contributed by atoms with Crippen LogP contribution in [0.3, 0.4) is 0 Å². The number of ether oxygens (including phenoxy) is 4. The SMILES string of the molecule is CO[C@@H]1[C@H]2O[C@@H](C(Cl)(Cl)Cl)O[C@H]2O[C@@H]1/C=C/C(C)=O. The first kappa shape index (κ1) is 15.5. The van der Waals surface area contributed by atoms with Gasteiger partial charge in [0.2, 0.25) is 10.1 Å². The van der Waals surface area contributed by atoms with E-state index in [1.807, 2.05) is 0 Å². The molecule has 0 radical (unpaired) electrons. The van der Waals surface area contributed by atoms with Crippen LogP contribution >= 0.6 is 34.8 Å². The Bertz CT molecular complexity index is 381. The third-order valence-electron chi connectivity index (χ3n) is 2.81. The third-order valence-corrected chi connectivity index (χ3v) is 3.34. The smallest absolute Gasteiger partial charge is 0.241 e. The van der Waals surface area contributed by atoms with Crippen molar-refractivity contribution in [3.8, 4) is 0 Å². The second kappa shape index (κ2) is 5.85. The van der Waals surface area contributed by atoms with Gasteiger partial charge < -0.3 is 18.9 Å². The molecule has 19 heavy (non-hydrogen) atoms. The van der Waals surface area contributed by atoms with Crippen LogP contribution in [0.5, 0.6) is 0 Å². The van der Waals surface area contributed by atoms with Crippen molar-refractivity contribution in [2.24, 2.45) is 0 Å². The number of fused-ring (bicyclic) bond motifs is 1. The van der Waals surface area contributed by atoms with Gasteiger partial charge in [-0.25, -0.2) is 0 Å². The zero-order valence-electron chi connectivity index (χ0n) is 10.2. The number of methoxy groups -OCH3 is 1. The van der Waals surface area contributed by atoms with Crippen LogP contribution in [-0.4, -0.2) is 47.6 Å². The normalized spacial score (nSPS) is 38.9. The van der Waals surface area contributed by atoms with E-state index < -0.39 is 34.7 Å². The fourth-order valence-corrected chi connectivity index (χ4v) is 2.32. The Hall–Kier alpha value is 0.120. The summed E-state index contributed by atoms with van der Waals surface area (Å²) in [5, 5.41) is 0. The maximum Gasteiger partial charge on any atom is 0.241 e. The number of carbonyl (C=O) groups excluding carboxylic acids is 1. The summed E-state index contributed by atoms with van der Waals surface area (Å²) in [6.07, 6.45) is -0.0729. The summed E-state index contributed by atoms with van der Waals surface area (Å²) in [5.41, 5.74) is 0. The van der Waals surface area contributed by atoms with Crippen LogP contribution in [0, 0.1) is 0 Å². The Labute approximate surface area is 125 Å². The van der Waals surface area contributed by atoms with Gasteiger partial charge in [-0.15, -0.1) is 0 Å². The number of allylic oxidation sites excluding steroid dienone is 1. The van der Waals surface area contributed by atoms with Gasteiger partial charge in [0.1, 0.15) is 18.3 Å². The number of carbonyl (C=O) groups is 1. The predicted octanol–water partition coefficient (Wildman–Crippen LogP) is 1.98. The molecule has 2 aliphatic rings. The number of hydrogen-bond acceptors (Lipinski definition) is 5. The fourth-order valence-electron chi connectivity index (χ4n) is 2.01. The van der Waals surface area contributed by atoms with Gasteiger partial charge in [-0.1, -0.05) is 34.8 Å². The van der Waals surface area contributed by atoms with Gasteiger partial charge >= 0.3 is 0 Å². The molecule has 2 heterocycles. The quantitative estimate of drug-likeness (QED) is 0.585. The lowest BCUT2D eigenvalue weighted by atomic mass is 10.1. The second-order valence-electron chi connectivity index (χ2n) is 4.25. The molecule has 5 nitrogen and oxygen atoms in total. The van der Waals surface area contributed by atoms with Crippen LogP contribution in [0.15, 0.2) is 12.2 Å². The molecule has 0 saturated carbocycles. The van der Waals surface area contributed by atoms with Crippen LogP contribution in [0.4, 0.5) is 0 Å². The summed E-state index contributed by atoms with van der Waals surface area (Å²) < 4.78 is 20.1. The Morgan fingerprint density at radius 1 is 1.26 bits per heavy atom. The lowest BCUT2D eigenvalue weighted by Gasteiger charge is -2.23. The molecule has 5 atom stereocenters. The van der Waals surface area contributed by atoms with Crippen LogP contribution < -0.4 is 0 Å². The van der Waals surface area contributed by atoms with Gasteiger partial charge in [0, 0.05) is 7.11 Å². The highest BCUT2D eigenvalue weighted by molar-refractivity contribution is 6.67. The minimum Gasteiger partial charge on any atom is -0.375 e. The first-order valence-electron chi connectivity index (χ1n) is 5.57. The third kappa shape index (κ3) is 3.42. The van der Waals surface area contributed by atoms with Gasteiger partial charge in [-0.05, 0) is 19.1 Å². The molecular weight excluding hydrogens is 318 g/mol. The van der Waals surface area contributed by atoms with Crippen molar-refractivity contribution in [2.45, 2.75) is 41.6 Å². The summed E-state index contributed by atoms with van der Waals surface area (Å²) in [4.78, 5) is 10.9. The van der Waals surface area contributed by atoms with Crippen molar-refractivity contribution in [2.75, 3.05) is 7.11 Å². The second-order valence-corrected chi connectivity index (χ2v) is 6.62. The molecule has 0 bridgehead atoms. The number of rotatable bonds is 3. The van der Waals surface area contributed by atoms with E-state index in [0.717, 1.165) is 0 Å². The van der Waals surface area contributed by atoms with E-state index in [1.165, 1.54) is 20.1 Å². The van der Waals surface area contributed by atoms with Crippen molar-refractivity contribution in [1.82, 2.24) is 0 Å². The molecule has 2 saturated heterocycles. The minimum atomic E-state index is -1.70. The van der Waals surface area contributed by atoms with Gasteiger partial charge in [-0.3, -0.25) is 4.79 Å². The molecule has 0 aromatic heterocycles. The molecule has 0 amide bonds. The van der Waals surface area contributed by atoms with Crippen molar-refractivity contribution in [3.05, 3.63) is 12.2 Å². The van der Waals surface area contributed by atoms with Crippen molar-refractivity contribution >= 4 is 40.6 Å². The Kier molecular flexibility index (Phi) is 4.78. The number of alkyl halides is 3. The largest absolute Gasteiger partial charge is 0.375 e. The first-order chi connectivity index (χ1) is 8.82. The number of hydrogen-bond donors (Lipinski definition) is 0. The molecule has 0 aliphatic carbocycles. The summed E-state index contributed by atoms with van der Waals surface area (Å²) in [6, 6.07) is 0. The topological polar surface area (TPSA) is 54.0 Å². The molecule has 108 valence electrons. The van der Waals surface area contributed by atoms with E-state index in [0.29, 0.717) is 0 Å². The van der Waals surface area contributed by atoms with E-state index in [1.54, 1.807) is 6.08 Å². The average molecular weight is 332 g/mol. The minimum absolute atomic E-state index is 0.0866. The molecule has 0 spiro atoms. The lowest BCUT2D eigenvalue weighted by Crippen LogP contribution is -2.35. The van der Waals surface area contributed by atoms with Crippen LogP contribution in [0.25, 0.3) is 0 Å². The van der Waals surface area contributed by atoms with Crippen molar-refractivity contribution in [3.63, 3.8) is 0 Å². The van der Waals surface area contributed by atoms with E-state index in [2.05, 4.69) is 0 Å². The van der Waals surface area contributed by atoms with E-state index in [4.69, 9.17) is 53.8 Å². The molecule has 2 fully saturated rings. The van der Waals surface area contributed by atoms with E-state index >= 15 is 0 Å². The van der Waals surface area contributed by atoms with Crippen LogP contribution in [0.2, 0.25) is 0 Å². The summed E-state index contributed by atoms with van der Waals surface area (Å²) in [7, 11) is 1.51. The van der Waals surface area contributed by atoms with E-state index in [9.17, 15) is 4.79 Å². The molecule has 2 rings (SSSR count). The standard InChI is InChI=1S/C11H13Cl3O5/c1-5(15)3-4-6-7(16-2)8-9(17-6)19-10(18-8)11(12,13)14/h3-4,6-10H,1-2H3/b4-3+/t6-,7+,8-,9-,10-/m1/s1. The van der Waals surface area contributed by atoms with Crippen molar-refractivity contribution in [1.29, 1.82) is 0 Å². The number of halogens is 3. The zero-order valence-corrected chi connectivity index (χ0v) is 12.5. The maximum absolute atomic E-state index is 10.9. The highest BCUT2D eigenvalue weighted by Crippen LogP contribution is 2.42. The van der Waals surface area contributed by atoms with Gasteiger partial charge in [0.05, 0.1) is 0 Å². The predicted molar refractivity (Wildman–Crippen MR) is 69.3 cm³/mol. The molecular formula is C11H13Cl3O5. The summed E-state index contributed by atoms with van der Waals surface area (Å²) in [5.74, 6) is -0.0866. The van der Waals surface area contributed by atoms with Crippen LogP contribution in [-0.2, 0) is 23.7 Å². The van der Waals surface area contributed by atoms with Gasteiger partial charge in [0.25, 0.3) is 0 Å². The molecule has 0 aromatic carbocycles. The highest BCUT2D eigenvalue weighted by atomic mass is 35.6. The first-order valence-corrected chi connectivity index (χ1v) is 6.71. The van der Waals surface area contributed by atoms with Gasteiger partial charge in [0.15, 0.2) is 12.1 Å². The lowest BCUT2D eigenvalue weighted by molar-refractivity contribution is -0.159. The monoisotopic (exact) mass is 330 g/mol. The zero-order chi connectivity index (χ0) is 14.2.